The van der Waals surface area contributed by atoms with E-state index in [1.54, 1.807) is 20.8 Å². The van der Waals surface area contributed by atoms with Crippen LogP contribution in [0.1, 0.15) is 62.6 Å². The first-order valence-corrected chi connectivity index (χ1v) is 11.7. The van der Waals surface area contributed by atoms with Crippen molar-refractivity contribution in [2.75, 3.05) is 13.1 Å². The average Bonchev–Trinajstić information content (AvgIpc) is 3.23. The summed E-state index contributed by atoms with van der Waals surface area (Å²) in [6, 6.07) is 0.124. The van der Waals surface area contributed by atoms with Crippen LogP contribution >= 0.6 is 0 Å². The van der Waals surface area contributed by atoms with Crippen LogP contribution < -0.4 is 10.6 Å². The van der Waals surface area contributed by atoms with Gasteiger partial charge in [0.2, 0.25) is 5.91 Å². The van der Waals surface area contributed by atoms with Crippen molar-refractivity contribution in [1.29, 1.82) is 5.26 Å². The fourth-order valence-electron chi connectivity index (χ4n) is 4.68. The minimum atomic E-state index is -4.92. The van der Waals surface area contributed by atoms with Crippen molar-refractivity contribution in [3.05, 3.63) is 34.9 Å². The molecule has 0 aliphatic carbocycles. The van der Waals surface area contributed by atoms with Gasteiger partial charge in [-0.25, -0.2) is 4.79 Å². The molecule has 2 aliphatic heterocycles. The van der Waals surface area contributed by atoms with Crippen molar-refractivity contribution in [1.82, 2.24) is 15.5 Å². The van der Waals surface area contributed by atoms with Crippen LogP contribution in [0.5, 0.6) is 0 Å². The maximum absolute atomic E-state index is 13.8. The van der Waals surface area contributed by atoms with E-state index in [4.69, 9.17) is 10.00 Å². The second-order valence-electron chi connectivity index (χ2n) is 10.2. The number of piperidine rings is 1. The number of likely N-dealkylation sites (tertiary alicyclic amines) is 1. The smallest absolute Gasteiger partial charge is 0.417 e. The average molecular weight is 535 g/mol. The van der Waals surface area contributed by atoms with Gasteiger partial charge in [0.05, 0.1) is 23.2 Å². The lowest BCUT2D eigenvalue weighted by Gasteiger charge is -2.34. The molecule has 1 unspecified atom stereocenters. The number of carbonyl (C=O) groups excluding carboxylic acids is 2. The van der Waals surface area contributed by atoms with Gasteiger partial charge in [-0.05, 0) is 57.7 Å². The maximum atomic E-state index is 13.8. The van der Waals surface area contributed by atoms with Gasteiger partial charge in [-0.2, -0.15) is 31.6 Å². The number of nitrogens with one attached hydrogen (secondary N) is 2. The Balaban J connectivity index is 1.71. The zero-order valence-corrected chi connectivity index (χ0v) is 20.5. The number of alkyl carbamates (subject to hydrolysis) is 1. The van der Waals surface area contributed by atoms with Crippen LogP contribution in [0, 0.1) is 11.3 Å². The maximum Gasteiger partial charge on any atom is 0.417 e. The summed E-state index contributed by atoms with van der Waals surface area (Å²) in [6.45, 7) is 5.52. The highest BCUT2D eigenvalue weighted by molar-refractivity contribution is 5.82. The van der Waals surface area contributed by atoms with Gasteiger partial charge in [0.25, 0.3) is 0 Å². The molecule has 0 spiro atoms. The summed E-state index contributed by atoms with van der Waals surface area (Å²) >= 11 is 0. The van der Waals surface area contributed by atoms with Crippen molar-refractivity contribution < 1.29 is 40.7 Å². The van der Waals surface area contributed by atoms with Crippen molar-refractivity contribution in [3.8, 4) is 6.07 Å². The molecule has 1 aromatic rings. The molecule has 2 amide bonds. The fourth-order valence-corrected chi connectivity index (χ4v) is 4.68. The summed E-state index contributed by atoms with van der Waals surface area (Å²) < 4.78 is 86.9. The largest absolute Gasteiger partial charge is 0.444 e. The predicted molar refractivity (Wildman–Crippen MR) is 119 cm³/mol. The van der Waals surface area contributed by atoms with Gasteiger partial charge < -0.3 is 15.0 Å². The highest BCUT2D eigenvalue weighted by Crippen LogP contribution is 2.42. The fraction of sp³-hybridized carbons (Fsp3) is 0.625. The highest BCUT2D eigenvalue weighted by atomic mass is 19.4. The third kappa shape index (κ3) is 7.06. The molecule has 2 aliphatic rings. The van der Waals surface area contributed by atoms with E-state index in [1.165, 1.54) is 11.0 Å². The van der Waals surface area contributed by atoms with Gasteiger partial charge in [0, 0.05) is 25.0 Å². The topological polar surface area (TPSA) is 94.5 Å². The summed E-state index contributed by atoms with van der Waals surface area (Å²) in [4.78, 5) is 26.4. The molecule has 3 rings (SSSR count). The van der Waals surface area contributed by atoms with Crippen molar-refractivity contribution in [3.63, 3.8) is 0 Å². The molecule has 37 heavy (non-hydrogen) atoms. The van der Waals surface area contributed by atoms with E-state index in [1.807, 2.05) is 0 Å². The van der Waals surface area contributed by atoms with Crippen LogP contribution in [0.3, 0.4) is 0 Å². The second kappa shape index (κ2) is 10.4. The van der Waals surface area contributed by atoms with Crippen molar-refractivity contribution in [2.45, 2.75) is 82.0 Å². The number of benzene rings is 1. The number of carbonyl (C=O) groups is 2. The molecule has 0 bridgehead atoms. The van der Waals surface area contributed by atoms with Crippen LogP contribution in [-0.2, 0) is 15.7 Å². The van der Waals surface area contributed by atoms with Gasteiger partial charge in [-0.1, -0.05) is 6.07 Å². The number of nitriles is 1. The van der Waals surface area contributed by atoms with E-state index in [-0.39, 0.29) is 31.1 Å². The third-order valence-electron chi connectivity index (χ3n) is 6.35. The van der Waals surface area contributed by atoms with Gasteiger partial charge in [-0.15, -0.1) is 0 Å². The molecule has 13 heteroatoms. The zero-order chi connectivity index (χ0) is 27.8. The number of hydrogen-bond acceptors (Lipinski definition) is 5. The minimum Gasteiger partial charge on any atom is -0.444 e. The lowest BCUT2D eigenvalue weighted by Crippen LogP contribution is -2.53. The molecule has 204 valence electrons. The number of rotatable bonds is 3. The summed E-state index contributed by atoms with van der Waals surface area (Å²) in [5, 5.41) is 14.0. The Morgan fingerprint density at radius 2 is 1.73 bits per heavy atom. The molecular weight excluding hydrogens is 506 g/mol. The Morgan fingerprint density at radius 3 is 2.24 bits per heavy atom. The molecule has 0 saturated carbocycles. The molecule has 0 radical (unpaired) electrons. The molecule has 1 aromatic carbocycles. The third-order valence-corrected chi connectivity index (χ3v) is 6.35. The number of halogens is 6. The van der Waals surface area contributed by atoms with E-state index in [0.29, 0.717) is 18.9 Å². The van der Waals surface area contributed by atoms with Crippen LogP contribution in [0.15, 0.2) is 18.2 Å². The summed E-state index contributed by atoms with van der Waals surface area (Å²) in [5.41, 5.74) is -2.95. The van der Waals surface area contributed by atoms with Crippen molar-refractivity contribution in [2.24, 2.45) is 0 Å². The lowest BCUT2D eigenvalue weighted by atomic mass is 9.88. The quantitative estimate of drug-likeness (QED) is 0.559. The normalized spacial score (nSPS) is 23.5. The zero-order valence-electron chi connectivity index (χ0n) is 20.5. The number of amides is 2. The molecule has 3 atom stereocenters. The van der Waals surface area contributed by atoms with Gasteiger partial charge >= 0.3 is 18.4 Å². The Hall–Kier alpha value is -3.01. The molecule has 7 nitrogen and oxygen atoms in total. The Bertz CT molecular complexity index is 1050. The number of alkyl halides is 6. The number of hydrogen-bond donors (Lipinski definition) is 2. The summed E-state index contributed by atoms with van der Waals surface area (Å²) in [6.07, 6.45) is -9.97. The first kappa shape index (κ1) is 28.6. The molecule has 2 saturated heterocycles. The molecule has 2 N–H and O–H groups in total. The summed E-state index contributed by atoms with van der Waals surface area (Å²) in [5.74, 6) is -2.04. The first-order chi connectivity index (χ1) is 17.0. The van der Waals surface area contributed by atoms with Gasteiger partial charge in [-0.3, -0.25) is 10.1 Å². The standard InChI is InChI=1S/C24H28F6N4O3/c1-22(2,3)37-21(36)32-15-6-8-34(9-7-15)20(35)18-11-16(19(33-18)24(28,29)30)13-4-5-14(12-31)17(10-13)23(25,26)27/h4-5,10,15-16,18-19,33H,6-9,11H2,1-3H3,(H,32,36)/t16?,18-,19+/m0/s1. The molecule has 0 aromatic heterocycles. The number of ether oxygens (including phenoxy) is 1. The van der Waals surface area contributed by atoms with E-state index in [9.17, 15) is 35.9 Å². The van der Waals surface area contributed by atoms with E-state index < -0.39 is 59.1 Å². The Kier molecular flexibility index (Phi) is 8.02. The van der Waals surface area contributed by atoms with Crippen LogP contribution in [0.25, 0.3) is 0 Å². The van der Waals surface area contributed by atoms with Crippen molar-refractivity contribution >= 4 is 12.0 Å². The van der Waals surface area contributed by atoms with E-state index in [0.717, 1.165) is 12.1 Å². The summed E-state index contributed by atoms with van der Waals surface area (Å²) in [7, 11) is 0. The van der Waals surface area contributed by atoms with Gasteiger partial charge in [0.15, 0.2) is 0 Å². The SMILES string of the molecule is CC(C)(C)OC(=O)NC1CCN(C(=O)[C@@H]2CC(c3ccc(C#N)c(C(F)(F)F)c3)[C@H](C(F)(F)F)N2)CC1. The van der Waals surface area contributed by atoms with Crippen LogP contribution in [0.2, 0.25) is 0 Å². The monoisotopic (exact) mass is 534 g/mol. The first-order valence-electron chi connectivity index (χ1n) is 11.7. The Morgan fingerprint density at radius 1 is 1.11 bits per heavy atom. The predicted octanol–water partition coefficient (Wildman–Crippen LogP) is 4.47. The Labute approximate surface area is 210 Å². The molecule has 2 fully saturated rings. The lowest BCUT2D eigenvalue weighted by molar-refractivity contribution is -0.156. The second-order valence-corrected chi connectivity index (χ2v) is 10.2. The van der Waals surface area contributed by atoms with Crippen LogP contribution in [-0.4, -0.2) is 59.9 Å². The molecule has 2 heterocycles. The van der Waals surface area contributed by atoms with Crippen LogP contribution in [0.4, 0.5) is 31.1 Å². The van der Waals surface area contributed by atoms with E-state index >= 15 is 0 Å². The van der Waals surface area contributed by atoms with E-state index in [2.05, 4.69) is 10.6 Å². The minimum absolute atomic E-state index is 0.188. The number of nitrogens with zero attached hydrogens (tertiary/aromatic N) is 2. The van der Waals surface area contributed by atoms with Gasteiger partial charge in [0.1, 0.15) is 11.6 Å². The highest BCUT2D eigenvalue weighted by Gasteiger charge is 2.53. The molecular formula is C24H28F6N4O3.